The van der Waals surface area contributed by atoms with Crippen molar-refractivity contribution < 1.29 is 23.0 Å². The zero-order valence-corrected chi connectivity index (χ0v) is 13.4. The molecular weight excluding hydrogens is 302 g/mol. The maximum atomic E-state index is 12.5. The van der Waals surface area contributed by atoms with Gasteiger partial charge in [-0.05, 0) is 23.4 Å². The largest absolute Gasteiger partial charge is 0.392 e. The lowest BCUT2D eigenvalue weighted by atomic mass is 10.4. The molecule has 20 heavy (non-hydrogen) atoms. The Morgan fingerprint density at radius 1 is 1.25 bits per heavy atom. The van der Waals surface area contributed by atoms with Crippen LogP contribution in [0.2, 0.25) is 0 Å². The second kappa shape index (κ2) is 8.71. The first-order chi connectivity index (χ1) is 9.56. The van der Waals surface area contributed by atoms with Gasteiger partial charge in [0.15, 0.2) is 0 Å². The monoisotopic (exact) mass is 323 g/mol. The van der Waals surface area contributed by atoms with Gasteiger partial charge in [-0.25, -0.2) is 8.42 Å². The van der Waals surface area contributed by atoms with E-state index in [2.05, 4.69) is 0 Å². The van der Waals surface area contributed by atoms with Crippen LogP contribution in [0.15, 0.2) is 15.7 Å². The molecule has 1 aromatic heterocycles. The molecule has 0 unspecified atom stereocenters. The van der Waals surface area contributed by atoms with Gasteiger partial charge in [-0.3, -0.25) is 0 Å². The van der Waals surface area contributed by atoms with Gasteiger partial charge in [0.05, 0.1) is 13.2 Å². The Kier molecular flexibility index (Phi) is 7.63. The molecule has 0 aliphatic rings. The van der Waals surface area contributed by atoms with Crippen LogP contribution in [0.1, 0.15) is 12.0 Å². The predicted octanol–water partition coefficient (Wildman–Crippen LogP) is 0.914. The van der Waals surface area contributed by atoms with Crippen LogP contribution in [0.25, 0.3) is 0 Å². The second-order valence-corrected chi connectivity index (χ2v) is 7.25. The summed E-state index contributed by atoms with van der Waals surface area (Å²) in [6.45, 7) is 1.37. The van der Waals surface area contributed by atoms with E-state index in [4.69, 9.17) is 14.6 Å². The average molecular weight is 323 g/mol. The maximum Gasteiger partial charge on any atom is 0.252 e. The van der Waals surface area contributed by atoms with E-state index in [9.17, 15) is 8.42 Å². The highest BCUT2D eigenvalue weighted by Gasteiger charge is 2.25. The second-order valence-electron chi connectivity index (χ2n) is 4.18. The van der Waals surface area contributed by atoms with E-state index in [1.807, 2.05) is 0 Å². The SMILES string of the molecule is COCCCN(CCOC)S(=O)(=O)c1cc(CO)cs1. The molecule has 0 saturated carbocycles. The molecule has 0 aromatic carbocycles. The number of aliphatic hydroxyl groups is 1. The summed E-state index contributed by atoms with van der Waals surface area (Å²) in [6.07, 6.45) is 0.623. The van der Waals surface area contributed by atoms with E-state index >= 15 is 0 Å². The Balaban J connectivity index is 2.85. The van der Waals surface area contributed by atoms with Crippen molar-refractivity contribution in [2.75, 3.05) is 40.5 Å². The molecule has 1 heterocycles. The number of hydrogen-bond donors (Lipinski definition) is 1. The van der Waals surface area contributed by atoms with Crippen molar-refractivity contribution in [2.45, 2.75) is 17.2 Å². The molecule has 0 saturated heterocycles. The quantitative estimate of drug-likeness (QED) is 0.648. The number of rotatable bonds is 10. The fourth-order valence-corrected chi connectivity index (χ4v) is 4.44. The van der Waals surface area contributed by atoms with Crippen LogP contribution in [0.5, 0.6) is 0 Å². The van der Waals surface area contributed by atoms with Crippen LogP contribution in [0, 0.1) is 0 Å². The molecule has 0 bridgehead atoms. The number of aliphatic hydroxyl groups excluding tert-OH is 1. The number of ether oxygens (including phenoxy) is 2. The molecule has 0 fully saturated rings. The minimum absolute atomic E-state index is 0.159. The third-order valence-electron chi connectivity index (χ3n) is 2.71. The van der Waals surface area contributed by atoms with Crippen LogP contribution in [0.3, 0.4) is 0 Å². The summed E-state index contributed by atoms with van der Waals surface area (Å²) >= 11 is 1.12. The maximum absolute atomic E-state index is 12.5. The molecule has 0 spiro atoms. The molecule has 1 aromatic rings. The smallest absolute Gasteiger partial charge is 0.252 e. The lowest BCUT2D eigenvalue weighted by Crippen LogP contribution is -2.34. The lowest BCUT2D eigenvalue weighted by Gasteiger charge is -2.20. The fraction of sp³-hybridized carbons (Fsp3) is 0.667. The van der Waals surface area contributed by atoms with Crippen LogP contribution in [-0.4, -0.2) is 58.4 Å². The standard InChI is InChI=1S/C12H21NO5S2/c1-17-6-3-4-13(5-7-18-2)20(15,16)12-8-11(9-14)10-19-12/h8,10,14H,3-7,9H2,1-2H3. The van der Waals surface area contributed by atoms with Gasteiger partial charge < -0.3 is 14.6 Å². The zero-order chi connectivity index (χ0) is 15.0. The van der Waals surface area contributed by atoms with Gasteiger partial charge in [-0.15, -0.1) is 11.3 Å². The number of thiophene rings is 1. The molecule has 0 aliphatic heterocycles. The van der Waals surface area contributed by atoms with E-state index < -0.39 is 10.0 Å². The Hall–Kier alpha value is -0.510. The molecule has 0 radical (unpaired) electrons. The van der Waals surface area contributed by atoms with Gasteiger partial charge in [0.1, 0.15) is 4.21 Å². The fourth-order valence-electron chi connectivity index (χ4n) is 1.63. The third kappa shape index (κ3) is 4.80. The number of methoxy groups -OCH3 is 2. The molecule has 0 aliphatic carbocycles. The lowest BCUT2D eigenvalue weighted by molar-refractivity contribution is 0.164. The normalized spacial score (nSPS) is 12.2. The molecule has 6 nitrogen and oxygen atoms in total. The first-order valence-corrected chi connectivity index (χ1v) is 8.54. The van der Waals surface area contributed by atoms with Crippen molar-refractivity contribution in [3.8, 4) is 0 Å². The van der Waals surface area contributed by atoms with Crippen molar-refractivity contribution in [3.63, 3.8) is 0 Å². The Morgan fingerprint density at radius 2 is 1.95 bits per heavy atom. The molecular formula is C12H21NO5S2. The number of sulfonamides is 1. The summed E-state index contributed by atoms with van der Waals surface area (Å²) < 4.78 is 36.6. The summed E-state index contributed by atoms with van der Waals surface area (Å²) in [5.41, 5.74) is 0.608. The molecule has 1 rings (SSSR count). The molecule has 0 atom stereocenters. The minimum Gasteiger partial charge on any atom is -0.392 e. The van der Waals surface area contributed by atoms with Crippen LogP contribution in [0.4, 0.5) is 0 Å². The van der Waals surface area contributed by atoms with Crippen LogP contribution in [-0.2, 0) is 26.1 Å². The van der Waals surface area contributed by atoms with Gasteiger partial charge in [0.2, 0.25) is 0 Å². The van der Waals surface area contributed by atoms with Gasteiger partial charge in [0.25, 0.3) is 10.0 Å². The van der Waals surface area contributed by atoms with Gasteiger partial charge in [-0.1, -0.05) is 0 Å². The van der Waals surface area contributed by atoms with E-state index in [-0.39, 0.29) is 10.8 Å². The number of nitrogens with zero attached hydrogens (tertiary/aromatic N) is 1. The first kappa shape index (κ1) is 17.5. The zero-order valence-electron chi connectivity index (χ0n) is 11.7. The molecule has 116 valence electrons. The highest BCUT2D eigenvalue weighted by molar-refractivity contribution is 7.91. The van der Waals surface area contributed by atoms with Crippen molar-refractivity contribution in [1.29, 1.82) is 0 Å². The Morgan fingerprint density at radius 3 is 2.50 bits per heavy atom. The van der Waals surface area contributed by atoms with E-state index in [0.29, 0.717) is 38.3 Å². The van der Waals surface area contributed by atoms with Gasteiger partial charge >= 0.3 is 0 Å². The summed E-state index contributed by atoms with van der Waals surface area (Å²) in [4.78, 5) is 0. The van der Waals surface area contributed by atoms with Crippen molar-refractivity contribution in [2.24, 2.45) is 0 Å². The van der Waals surface area contributed by atoms with Crippen LogP contribution >= 0.6 is 11.3 Å². The number of hydrogen-bond acceptors (Lipinski definition) is 6. The van der Waals surface area contributed by atoms with Crippen molar-refractivity contribution in [3.05, 3.63) is 17.0 Å². The Bertz CT molecular complexity index is 486. The predicted molar refractivity (Wildman–Crippen MR) is 77.4 cm³/mol. The average Bonchev–Trinajstić information content (AvgIpc) is 2.92. The highest BCUT2D eigenvalue weighted by atomic mass is 32.2. The molecule has 1 N–H and O–H groups in total. The van der Waals surface area contributed by atoms with E-state index in [1.165, 1.54) is 17.5 Å². The summed E-state index contributed by atoms with van der Waals surface area (Å²) in [5.74, 6) is 0. The topological polar surface area (TPSA) is 76.1 Å². The van der Waals surface area contributed by atoms with Gasteiger partial charge in [0, 0.05) is 33.9 Å². The summed E-state index contributed by atoms with van der Waals surface area (Å²) in [5, 5.41) is 10.7. The first-order valence-electron chi connectivity index (χ1n) is 6.22. The van der Waals surface area contributed by atoms with E-state index in [1.54, 1.807) is 12.5 Å². The van der Waals surface area contributed by atoms with Gasteiger partial charge in [-0.2, -0.15) is 4.31 Å². The molecule has 0 amide bonds. The van der Waals surface area contributed by atoms with Crippen molar-refractivity contribution in [1.82, 2.24) is 4.31 Å². The molecule has 8 heteroatoms. The third-order valence-corrected chi connectivity index (χ3v) is 6.07. The van der Waals surface area contributed by atoms with E-state index in [0.717, 1.165) is 11.3 Å². The minimum atomic E-state index is -3.54. The van der Waals surface area contributed by atoms with Crippen LogP contribution < -0.4 is 0 Å². The van der Waals surface area contributed by atoms with Crippen molar-refractivity contribution >= 4 is 21.4 Å². The highest BCUT2D eigenvalue weighted by Crippen LogP contribution is 2.24. The summed E-state index contributed by atoms with van der Waals surface area (Å²) in [6, 6.07) is 1.51. The summed E-state index contributed by atoms with van der Waals surface area (Å²) in [7, 11) is -0.417. The Labute approximate surface area is 124 Å².